The van der Waals surface area contributed by atoms with Gasteiger partial charge in [-0.1, -0.05) is 0 Å². The van der Waals surface area contributed by atoms with E-state index in [4.69, 9.17) is 0 Å². The van der Waals surface area contributed by atoms with Gasteiger partial charge in [-0.25, -0.2) is 0 Å². The molecule has 2 aromatic rings. The van der Waals surface area contributed by atoms with Crippen LogP contribution in [0.1, 0.15) is 6.42 Å². The molecule has 0 spiro atoms. The summed E-state index contributed by atoms with van der Waals surface area (Å²) in [5.41, 5.74) is 2.53. The molecule has 124 valence electrons. The van der Waals surface area contributed by atoms with E-state index in [9.17, 15) is 9.59 Å². The van der Waals surface area contributed by atoms with Crippen LogP contribution in [0.3, 0.4) is 0 Å². The lowest BCUT2D eigenvalue weighted by Gasteiger charge is -2.16. The van der Waals surface area contributed by atoms with Crippen molar-refractivity contribution in [3.8, 4) is 0 Å². The number of hydrogen-bond donors (Lipinski definition) is 1. The summed E-state index contributed by atoms with van der Waals surface area (Å²) < 4.78 is 0. The van der Waals surface area contributed by atoms with E-state index < -0.39 is 0 Å². The molecular formula is C18H20N4O2. The second kappa shape index (κ2) is 6.70. The van der Waals surface area contributed by atoms with Gasteiger partial charge in [0.1, 0.15) is 0 Å². The van der Waals surface area contributed by atoms with Gasteiger partial charge in [-0.05, 0) is 36.4 Å². The third kappa shape index (κ3) is 3.37. The largest absolute Gasteiger partial charge is 0.378 e. The second-order valence-corrected chi connectivity index (χ2v) is 6.05. The van der Waals surface area contributed by atoms with Gasteiger partial charge in [0.2, 0.25) is 11.8 Å². The average molecular weight is 324 g/mol. The Hall–Kier alpha value is -2.89. The van der Waals surface area contributed by atoms with Crippen molar-refractivity contribution in [3.05, 3.63) is 48.8 Å². The van der Waals surface area contributed by atoms with E-state index in [-0.39, 0.29) is 24.2 Å². The fourth-order valence-electron chi connectivity index (χ4n) is 2.73. The maximum absolute atomic E-state index is 12.4. The van der Waals surface area contributed by atoms with Crippen LogP contribution >= 0.6 is 0 Å². The molecule has 1 fully saturated rings. The summed E-state index contributed by atoms with van der Waals surface area (Å²) in [6, 6.07) is 11.2. The van der Waals surface area contributed by atoms with Gasteiger partial charge in [0.15, 0.2) is 0 Å². The smallest absolute Gasteiger partial charge is 0.229 e. The third-order valence-corrected chi connectivity index (χ3v) is 4.10. The highest BCUT2D eigenvalue weighted by molar-refractivity contribution is 6.03. The van der Waals surface area contributed by atoms with Gasteiger partial charge >= 0.3 is 0 Å². The quantitative estimate of drug-likeness (QED) is 0.936. The molecular weight excluding hydrogens is 304 g/mol. The number of amides is 2. The Morgan fingerprint density at radius 2 is 2.00 bits per heavy atom. The van der Waals surface area contributed by atoms with Gasteiger partial charge < -0.3 is 15.1 Å². The molecule has 2 heterocycles. The Kier molecular flexibility index (Phi) is 4.46. The molecule has 1 atom stereocenters. The summed E-state index contributed by atoms with van der Waals surface area (Å²) in [5.74, 6) is -0.537. The van der Waals surface area contributed by atoms with Crippen molar-refractivity contribution in [2.24, 2.45) is 5.92 Å². The third-order valence-electron chi connectivity index (χ3n) is 4.10. The summed E-state index contributed by atoms with van der Waals surface area (Å²) in [4.78, 5) is 32.3. The van der Waals surface area contributed by atoms with E-state index in [1.807, 2.05) is 49.3 Å². The Morgan fingerprint density at radius 1 is 1.25 bits per heavy atom. The number of aromatic nitrogens is 1. The van der Waals surface area contributed by atoms with Crippen molar-refractivity contribution in [2.45, 2.75) is 6.42 Å². The lowest BCUT2D eigenvalue weighted by molar-refractivity contribution is -0.122. The number of rotatable bonds is 4. The fourth-order valence-corrected chi connectivity index (χ4v) is 2.73. The first-order chi connectivity index (χ1) is 11.5. The molecule has 2 amide bonds. The first-order valence-corrected chi connectivity index (χ1v) is 7.83. The molecule has 0 bridgehead atoms. The van der Waals surface area contributed by atoms with Crippen LogP contribution in [0.25, 0.3) is 0 Å². The minimum Gasteiger partial charge on any atom is -0.378 e. The molecule has 0 saturated carbocycles. The standard InChI is InChI=1S/C18H20N4O2/c1-21(2)15-7-5-14(6-8-15)20-18(24)13-10-17(23)22(12-13)16-4-3-9-19-11-16/h3-9,11,13H,10,12H2,1-2H3,(H,20,24). The monoisotopic (exact) mass is 324 g/mol. The lowest BCUT2D eigenvalue weighted by Crippen LogP contribution is -2.28. The maximum Gasteiger partial charge on any atom is 0.229 e. The van der Waals surface area contributed by atoms with E-state index in [1.165, 1.54) is 0 Å². The van der Waals surface area contributed by atoms with Gasteiger partial charge in [-0.15, -0.1) is 0 Å². The summed E-state index contributed by atoms with van der Waals surface area (Å²) >= 11 is 0. The van der Waals surface area contributed by atoms with Crippen LogP contribution in [-0.4, -0.2) is 37.4 Å². The van der Waals surface area contributed by atoms with Gasteiger partial charge in [0.05, 0.1) is 17.8 Å². The van der Waals surface area contributed by atoms with E-state index in [2.05, 4.69) is 10.3 Å². The predicted molar refractivity (Wildman–Crippen MR) is 94.1 cm³/mol. The van der Waals surface area contributed by atoms with Crippen molar-refractivity contribution in [2.75, 3.05) is 35.8 Å². The van der Waals surface area contributed by atoms with Gasteiger partial charge in [-0.3, -0.25) is 14.6 Å². The second-order valence-electron chi connectivity index (χ2n) is 6.05. The SMILES string of the molecule is CN(C)c1ccc(NC(=O)C2CC(=O)N(c3cccnc3)C2)cc1. The molecule has 1 unspecified atom stereocenters. The highest BCUT2D eigenvalue weighted by atomic mass is 16.2. The molecule has 1 N–H and O–H groups in total. The van der Waals surface area contributed by atoms with Crippen LogP contribution in [0.5, 0.6) is 0 Å². The lowest BCUT2D eigenvalue weighted by atomic mass is 10.1. The molecule has 0 aliphatic carbocycles. The molecule has 6 heteroatoms. The van der Waals surface area contributed by atoms with Gasteiger partial charge in [0, 0.05) is 44.6 Å². The zero-order valence-electron chi connectivity index (χ0n) is 13.8. The van der Waals surface area contributed by atoms with Gasteiger partial charge in [0.25, 0.3) is 0 Å². The molecule has 1 aliphatic heterocycles. The zero-order valence-corrected chi connectivity index (χ0v) is 13.8. The number of hydrogen-bond acceptors (Lipinski definition) is 4. The normalized spacial score (nSPS) is 17.0. The first kappa shape index (κ1) is 16.0. The highest BCUT2D eigenvalue weighted by Gasteiger charge is 2.35. The summed E-state index contributed by atoms with van der Waals surface area (Å²) in [5, 5.41) is 2.89. The van der Waals surface area contributed by atoms with E-state index in [1.54, 1.807) is 23.4 Å². The molecule has 1 aromatic carbocycles. The van der Waals surface area contributed by atoms with Gasteiger partial charge in [-0.2, -0.15) is 0 Å². The van der Waals surface area contributed by atoms with Crippen LogP contribution in [-0.2, 0) is 9.59 Å². The van der Waals surface area contributed by atoms with Crippen LogP contribution in [0.4, 0.5) is 17.1 Å². The number of nitrogens with zero attached hydrogens (tertiary/aromatic N) is 3. The average Bonchev–Trinajstić information content (AvgIpc) is 2.98. The van der Waals surface area contributed by atoms with Crippen LogP contribution in [0.2, 0.25) is 0 Å². The highest BCUT2D eigenvalue weighted by Crippen LogP contribution is 2.25. The Morgan fingerprint density at radius 3 is 2.62 bits per heavy atom. The van der Waals surface area contributed by atoms with Crippen LogP contribution in [0, 0.1) is 5.92 Å². The maximum atomic E-state index is 12.4. The molecule has 1 saturated heterocycles. The first-order valence-electron chi connectivity index (χ1n) is 7.83. The van der Waals surface area contributed by atoms with E-state index in [0.29, 0.717) is 6.54 Å². The predicted octanol–water partition coefficient (Wildman–Crippen LogP) is 2.14. The van der Waals surface area contributed by atoms with E-state index >= 15 is 0 Å². The van der Waals surface area contributed by atoms with E-state index in [0.717, 1.165) is 17.1 Å². The minimum absolute atomic E-state index is 0.0499. The molecule has 3 rings (SSSR count). The van der Waals surface area contributed by atoms with Crippen LogP contribution in [0.15, 0.2) is 48.8 Å². The van der Waals surface area contributed by atoms with Crippen molar-refractivity contribution in [1.82, 2.24) is 4.98 Å². The molecule has 24 heavy (non-hydrogen) atoms. The van der Waals surface area contributed by atoms with Crippen molar-refractivity contribution >= 4 is 28.9 Å². The Labute approximate surface area is 141 Å². The topological polar surface area (TPSA) is 65.5 Å². The Bertz CT molecular complexity index is 728. The van der Waals surface area contributed by atoms with Crippen LogP contribution < -0.4 is 15.1 Å². The number of pyridine rings is 1. The summed E-state index contributed by atoms with van der Waals surface area (Å²) in [6.07, 6.45) is 3.51. The Balaban J connectivity index is 1.65. The summed E-state index contributed by atoms with van der Waals surface area (Å²) in [6.45, 7) is 0.381. The number of benzene rings is 1. The number of anilines is 3. The zero-order chi connectivity index (χ0) is 17.1. The molecule has 0 radical (unpaired) electrons. The number of carbonyl (C=O) groups excluding carboxylic acids is 2. The number of carbonyl (C=O) groups is 2. The van der Waals surface area contributed by atoms with Crippen molar-refractivity contribution in [3.63, 3.8) is 0 Å². The summed E-state index contributed by atoms with van der Waals surface area (Å²) in [7, 11) is 3.93. The molecule has 6 nitrogen and oxygen atoms in total. The molecule has 1 aromatic heterocycles. The molecule has 1 aliphatic rings. The fraction of sp³-hybridized carbons (Fsp3) is 0.278. The van der Waals surface area contributed by atoms with Crippen molar-refractivity contribution in [1.29, 1.82) is 0 Å². The minimum atomic E-state index is -0.355. The number of nitrogens with one attached hydrogen (secondary N) is 1. The van der Waals surface area contributed by atoms with Crippen molar-refractivity contribution < 1.29 is 9.59 Å².